The first kappa shape index (κ1) is 12.7. The molecule has 100 valence electrons. The van der Waals surface area contributed by atoms with E-state index in [4.69, 9.17) is 0 Å². The Morgan fingerprint density at radius 1 is 1.11 bits per heavy atom. The molecule has 2 aliphatic rings. The first-order valence-electron chi connectivity index (χ1n) is 7.70. The summed E-state index contributed by atoms with van der Waals surface area (Å²) < 4.78 is 0. The summed E-state index contributed by atoms with van der Waals surface area (Å²) >= 11 is 1.96. The van der Waals surface area contributed by atoms with Gasteiger partial charge in [-0.05, 0) is 43.0 Å². The Balaban J connectivity index is 1.66. The molecule has 1 N–H and O–H groups in total. The fraction of sp³-hybridized carbons (Fsp3) is 0.750. The first-order valence-corrected chi connectivity index (χ1v) is 8.58. The van der Waals surface area contributed by atoms with Gasteiger partial charge in [-0.3, -0.25) is 0 Å². The van der Waals surface area contributed by atoms with Crippen molar-refractivity contribution in [1.82, 2.24) is 5.32 Å². The van der Waals surface area contributed by atoms with E-state index in [9.17, 15) is 0 Å². The van der Waals surface area contributed by atoms with Gasteiger partial charge in [0.15, 0.2) is 0 Å². The van der Waals surface area contributed by atoms with Crippen molar-refractivity contribution < 1.29 is 0 Å². The Kier molecular flexibility index (Phi) is 4.37. The zero-order valence-corrected chi connectivity index (χ0v) is 12.1. The Hall–Kier alpha value is -0.340. The summed E-state index contributed by atoms with van der Waals surface area (Å²) in [4.78, 5) is 1.62. The van der Waals surface area contributed by atoms with Gasteiger partial charge in [-0.1, -0.05) is 31.7 Å². The molecule has 1 aromatic heterocycles. The lowest BCUT2D eigenvalue weighted by Gasteiger charge is -2.26. The van der Waals surface area contributed by atoms with Crippen molar-refractivity contribution in [3.8, 4) is 0 Å². The summed E-state index contributed by atoms with van der Waals surface area (Å²) in [6.45, 7) is 1.22. The van der Waals surface area contributed by atoms with Gasteiger partial charge in [0, 0.05) is 23.4 Å². The minimum atomic E-state index is 0.781. The Morgan fingerprint density at radius 3 is 2.50 bits per heavy atom. The van der Waals surface area contributed by atoms with Crippen LogP contribution in [0.25, 0.3) is 0 Å². The summed E-state index contributed by atoms with van der Waals surface area (Å²) in [5.74, 6) is 1.71. The molecule has 2 aliphatic carbocycles. The van der Waals surface area contributed by atoms with Crippen LogP contribution in [-0.2, 0) is 0 Å². The molecular weight excluding hydrogens is 238 g/mol. The van der Waals surface area contributed by atoms with Crippen LogP contribution < -0.4 is 5.32 Å². The molecule has 0 aliphatic heterocycles. The van der Waals surface area contributed by atoms with Gasteiger partial charge in [0.05, 0.1) is 0 Å². The molecule has 0 spiro atoms. The van der Waals surface area contributed by atoms with Crippen LogP contribution in [0.5, 0.6) is 0 Å². The van der Waals surface area contributed by atoms with E-state index in [2.05, 4.69) is 22.8 Å². The van der Waals surface area contributed by atoms with Crippen LogP contribution in [0.3, 0.4) is 0 Å². The molecule has 2 fully saturated rings. The van der Waals surface area contributed by atoms with Gasteiger partial charge in [-0.2, -0.15) is 0 Å². The molecule has 18 heavy (non-hydrogen) atoms. The molecule has 0 amide bonds. The van der Waals surface area contributed by atoms with Crippen molar-refractivity contribution in [2.75, 3.05) is 6.54 Å². The average Bonchev–Trinajstić information content (AvgIpc) is 3.12. The molecule has 0 aromatic carbocycles. The molecule has 1 unspecified atom stereocenters. The third-order valence-electron chi connectivity index (χ3n) is 4.58. The average molecular weight is 263 g/mol. The maximum absolute atomic E-state index is 3.77. The summed E-state index contributed by atoms with van der Waals surface area (Å²) in [6, 6.07) is 5.42. The Bertz CT molecular complexity index is 334. The Morgan fingerprint density at radius 2 is 1.89 bits per heavy atom. The van der Waals surface area contributed by atoms with Gasteiger partial charge in [0.2, 0.25) is 0 Å². The molecule has 1 aromatic rings. The zero-order valence-electron chi connectivity index (χ0n) is 11.2. The third kappa shape index (κ3) is 3.36. The molecule has 1 atom stereocenters. The highest BCUT2D eigenvalue weighted by molar-refractivity contribution is 7.10. The van der Waals surface area contributed by atoms with Gasteiger partial charge < -0.3 is 5.32 Å². The van der Waals surface area contributed by atoms with Crippen LogP contribution in [0, 0.1) is 5.92 Å². The summed E-state index contributed by atoms with van der Waals surface area (Å²) in [6.07, 6.45) is 11.5. The van der Waals surface area contributed by atoms with Crippen molar-refractivity contribution >= 4 is 11.3 Å². The number of hydrogen-bond acceptors (Lipinski definition) is 2. The van der Waals surface area contributed by atoms with E-state index in [1.807, 2.05) is 11.3 Å². The van der Waals surface area contributed by atoms with Crippen LogP contribution in [0.15, 0.2) is 17.5 Å². The van der Waals surface area contributed by atoms with Crippen molar-refractivity contribution in [1.29, 1.82) is 0 Å². The fourth-order valence-corrected chi connectivity index (χ4v) is 4.22. The quantitative estimate of drug-likeness (QED) is 0.768. The molecule has 1 heterocycles. The Labute approximate surface area is 115 Å². The van der Waals surface area contributed by atoms with Crippen LogP contribution >= 0.6 is 11.3 Å². The number of thiophene rings is 1. The second kappa shape index (κ2) is 6.21. The molecule has 2 heteroatoms. The predicted molar refractivity (Wildman–Crippen MR) is 79.3 cm³/mol. The maximum atomic E-state index is 3.77. The van der Waals surface area contributed by atoms with E-state index >= 15 is 0 Å². The number of nitrogens with one attached hydrogen (secondary N) is 1. The lowest BCUT2D eigenvalue weighted by Crippen LogP contribution is -2.27. The molecule has 3 rings (SSSR count). The van der Waals surface area contributed by atoms with Gasteiger partial charge >= 0.3 is 0 Å². The first-order chi connectivity index (χ1) is 8.93. The highest BCUT2D eigenvalue weighted by atomic mass is 32.1. The maximum Gasteiger partial charge on any atom is 0.00916 e. The second-order valence-corrected chi connectivity index (χ2v) is 7.04. The zero-order chi connectivity index (χ0) is 12.2. The predicted octanol–water partition coefficient (Wildman–Crippen LogP) is 4.55. The van der Waals surface area contributed by atoms with Crippen LogP contribution in [0.1, 0.15) is 62.2 Å². The van der Waals surface area contributed by atoms with Crippen molar-refractivity contribution in [3.05, 3.63) is 22.4 Å². The van der Waals surface area contributed by atoms with E-state index in [0.29, 0.717) is 0 Å². The van der Waals surface area contributed by atoms with Gasteiger partial charge in [0.25, 0.3) is 0 Å². The largest absolute Gasteiger partial charge is 0.313 e. The standard InChI is InChI=1S/C16H25NS/c1-2-4-7-13(6-3-1)15(12-17-14-9-10-14)16-8-5-11-18-16/h5,8,11,13-15,17H,1-4,6-7,9-10,12H2. The van der Waals surface area contributed by atoms with E-state index in [1.165, 1.54) is 57.9 Å². The van der Waals surface area contributed by atoms with Crippen molar-refractivity contribution in [2.24, 2.45) is 5.92 Å². The smallest absolute Gasteiger partial charge is 0.00916 e. The van der Waals surface area contributed by atoms with Gasteiger partial charge in [-0.15, -0.1) is 11.3 Å². The second-order valence-electron chi connectivity index (χ2n) is 6.06. The van der Waals surface area contributed by atoms with Gasteiger partial charge in [-0.25, -0.2) is 0 Å². The van der Waals surface area contributed by atoms with E-state index < -0.39 is 0 Å². The fourth-order valence-electron chi connectivity index (χ4n) is 3.30. The summed E-state index contributed by atoms with van der Waals surface area (Å²) in [5.41, 5.74) is 0. The molecule has 0 bridgehead atoms. The highest BCUT2D eigenvalue weighted by Crippen LogP contribution is 2.37. The molecule has 0 saturated heterocycles. The monoisotopic (exact) mass is 263 g/mol. The van der Waals surface area contributed by atoms with E-state index in [-0.39, 0.29) is 0 Å². The van der Waals surface area contributed by atoms with E-state index in [1.54, 1.807) is 4.88 Å². The third-order valence-corrected chi connectivity index (χ3v) is 5.59. The normalized spacial score (nSPS) is 23.8. The summed E-state index contributed by atoms with van der Waals surface area (Å²) in [7, 11) is 0. The minimum absolute atomic E-state index is 0.781. The molecule has 0 radical (unpaired) electrons. The minimum Gasteiger partial charge on any atom is -0.313 e. The van der Waals surface area contributed by atoms with Crippen molar-refractivity contribution in [2.45, 2.75) is 63.3 Å². The van der Waals surface area contributed by atoms with Crippen LogP contribution in [-0.4, -0.2) is 12.6 Å². The van der Waals surface area contributed by atoms with Crippen LogP contribution in [0.2, 0.25) is 0 Å². The van der Waals surface area contributed by atoms with Gasteiger partial charge in [0.1, 0.15) is 0 Å². The number of hydrogen-bond donors (Lipinski definition) is 1. The number of rotatable bonds is 5. The topological polar surface area (TPSA) is 12.0 Å². The molecule has 1 nitrogen and oxygen atoms in total. The SMILES string of the molecule is c1csc(C(CNC2CC2)C2CCCCCC2)c1. The van der Waals surface area contributed by atoms with Crippen LogP contribution in [0.4, 0.5) is 0 Å². The lowest BCUT2D eigenvalue weighted by molar-refractivity contribution is 0.364. The lowest BCUT2D eigenvalue weighted by atomic mass is 9.85. The van der Waals surface area contributed by atoms with E-state index in [0.717, 1.165) is 17.9 Å². The van der Waals surface area contributed by atoms with Crippen molar-refractivity contribution in [3.63, 3.8) is 0 Å². The highest BCUT2D eigenvalue weighted by Gasteiger charge is 2.28. The molecular formula is C16H25NS. The summed E-state index contributed by atoms with van der Waals surface area (Å²) in [5, 5.41) is 6.02. The molecule has 2 saturated carbocycles.